The lowest BCUT2D eigenvalue weighted by Crippen LogP contribution is -2.21. The van der Waals surface area contributed by atoms with E-state index in [-0.39, 0.29) is 5.41 Å². The van der Waals surface area contributed by atoms with Crippen molar-refractivity contribution >= 4 is 0 Å². The number of aromatic amines is 1. The Morgan fingerprint density at radius 1 is 1.16 bits per heavy atom. The second kappa shape index (κ2) is 4.22. The van der Waals surface area contributed by atoms with Crippen molar-refractivity contribution in [1.82, 2.24) is 9.97 Å². The molecule has 0 fully saturated rings. The van der Waals surface area contributed by atoms with Gasteiger partial charge in [-0.25, -0.2) is 4.98 Å². The number of aromatic nitrogens is 2. The average Bonchev–Trinajstić information content (AvgIpc) is 2.78. The van der Waals surface area contributed by atoms with Gasteiger partial charge in [0, 0.05) is 17.0 Å². The first-order chi connectivity index (χ1) is 9.00. The molecule has 0 saturated heterocycles. The third-order valence-electron chi connectivity index (χ3n) is 4.29. The monoisotopic (exact) mass is 254 g/mol. The number of nitrogens with one attached hydrogen (secondary N) is 1. The summed E-state index contributed by atoms with van der Waals surface area (Å²) >= 11 is 0. The second-order valence-electron chi connectivity index (χ2n) is 6.38. The van der Waals surface area contributed by atoms with E-state index >= 15 is 0 Å². The molecule has 1 heterocycles. The summed E-state index contributed by atoms with van der Waals surface area (Å²) in [5.74, 6) is 1.58. The van der Waals surface area contributed by atoms with Crippen LogP contribution in [0.15, 0.2) is 24.3 Å². The molecule has 0 amide bonds. The summed E-state index contributed by atoms with van der Waals surface area (Å²) in [4.78, 5) is 8.43. The quantitative estimate of drug-likeness (QED) is 0.820. The van der Waals surface area contributed by atoms with Gasteiger partial charge in [0.25, 0.3) is 0 Å². The molecule has 1 N–H and O–H groups in total. The fraction of sp³-hybridized carbons (Fsp3) is 0.471. The normalized spacial score (nSPS) is 16.9. The van der Waals surface area contributed by atoms with Gasteiger partial charge < -0.3 is 4.98 Å². The van der Waals surface area contributed by atoms with Crippen LogP contribution in [0.3, 0.4) is 0 Å². The van der Waals surface area contributed by atoms with Crippen molar-refractivity contribution in [2.75, 3.05) is 0 Å². The van der Waals surface area contributed by atoms with E-state index in [2.05, 4.69) is 56.9 Å². The van der Waals surface area contributed by atoms with Crippen LogP contribution >= 0.6 is 0 Å². The minimum absolute atomic E-state index is 0.0164. The minimum atomic E-state index is 0.0164. The molecule has 1 aromatic carbocycles. The summed E-state index contributed by atoms with van der Waals surface area (Å²) in [6.45, 7) is 8.99. The fourth-order valence-electron chi connectivity index (χ4n) is 3.14. The van der Waals surface area contributed by atoms with E-state index in [1.54, 1.807) is 0 Å². The molecule has 0 unspecified atom stereocenters. The number of hydrogen-bond acceptors (Lipinski definition) is 1. The SMILES string of the molecule is CC(C)c1nc2c([nH]1)C(C)(C)c1ccccc1CC2. The molecule has 3 rings (SSSR count). The van der Waals surface area contributed by atoms with Gasteiger partial charge in [-0.1, -0.05) is 52.0 Å². The molecule has 0 spiro atoms. The third kappa shape index (κ3) is 1.90. The lowest BCUT2D eigenvalue weighted by molar-refractivity contribution is 0.612. The zero-order valence-corrected chi connectivity index (χ0v) is 12.2. The first kappa shape index (κ1) is 12.5. The van der Waals surface area contributed by atoms with Gasteiger partial charge in [0.05, 0.1) is 5.69 Å². The van der Waals surface area contributed by atoms with Crippen LogP contribution in [0.1, 0.15) is 62.0 Å². The van der Waals surface area contributed by atoms with Crippen molar-refractivity contribution in [2.24, 2.45) is 0 Å². The van der Waals surface area contributed by atoms with E-state index in [4.69, 9.17) is 4.98 Å². The molecule has 100 valence electrons. The number of fused-ring (bicyclic) bond motifs is 2. The van der Waals surface area contributed by atoms with E-state index < -0.39 is 0 Å². The van der Waals surface area contributed by atoms with Crippen LogP contribution in [0.5, 0.6) is 0 Å². The standard InChI is InChI=1S/C17H22N2/c1-11(2)16-18-14-10-9-12-7-5-6-8-13(12)17(3,4)15(14)19-16/h5-8,11H,9-10H2,1-4H3,(H,18,19). The van der Waals surface area contributed by atoms with Gasteiger partial charge in [-0.05, 0) is 24.0 Å². The summed E-state index contributed by atoms with van der Waals surface area (Å²) in [5.41, 5.74) is 5.48. The van der Waals surface area contributed by atoms with Gasteiger partial charge in [0.2, 0.25) is 0 Å². The Morgan fingerprint density at radius 3 is 2.63 bits per heavy atom. The minimum Gasteiger partial charge on any atom is -0.345 e. The Kier molecular flexibility index (Phi) is 2.77. The fourth-order valence-corrected chi connectivity index (χ4v) is 3.14. The lowest BCUT2D eigenvalue weighted by Gasteiger charge is -2.25. The lowest BCUT2D eigenvalue weighted by atomic mass is 9.79. The molecule has 1 aliphatic rings. The molecule has 2 aromatic rings. The van der Waals surface area contributed by atoms with Gasteiger partial charge in [0.1, 0.15) is 5.82 Å². The van der Waals surface area contributed by atoms with E-state index in [1.807, 2.05) is 0 Å². The van der Waals surface area contributed by atoms with Gasteiger partial charge in [0.15, 0.2) is 0 Å². The van der Waals surface area contributed by atoms with Crippen LogP contribution in [-0.2, 0) is 18.3 Å². The first-order valence-corrected chi connectivity index (χ1v) is 7.18. The van der Waals surface area contributed by atoms with Crippen molar-refractivity contribution in [3.8, 4) is 0 Å². The summed E-state index contributed by atoms with van der Waals surface area (Å²) in [7, 11) is 0. The summed E-state index contributed by atoms with van der Waals surface area (Å²) in [6, 6.07) is 8.81. The topological polar surface area (TPSA) is 28.7 Å². The molecule has 0 atom stereocenters. The van der Waals surface area contributed by atoms with Crippen LogP contribution in [0.2, 0.25) is 0 Å². The predicted octanol–water partition coefficient (Wildman–Crippen LogP) is 3.96. The van der Waals surface area contributed by atoms with E-state index in [9.17, 15) is 0 Å². The highest BCUT2D eigenvalue weighted by Gasteiger charge is 2.33. The van der Waals surface area contributed by atoms with Crippen molar-refractivity contribution < 1.29 is 0 Å². The van der Waals surface area contributed by atoms with Crippen molar-refractivity contribution in [2.45, 2.75) is 51.9 Å². The number of benzene rings is 1. The number of rotatable bonds is 1. The first-order valence-electron chi connectivity index (χ1n) is 7.18. The molecular weight excluding hydrogens is 232 g/mol. The molecule has 0 bridgehead atoms. The maximum atomic E-state index is 4.83. The van der Waals surface area contributed by atoms with Gasteiger partial charge in [-0.3, -0.25) is 0 Å². The number of hydrogen-bond donors (Lipinski definition) is 1. The zero-order valence-electron chi connectivity index (χ0n) is 12.2. The highest BCUT2D eigenvalue weighted by Crippen LogP contribution is 2.38. The third-order valence-corrected chi connectivity index (χ3v) is 4.29. The van der Waals surface area contributed by atoms with Crippen LogP contribution in [0.4, 0.5) is 0 Å². The van der Waals surface area contributed by atoms with Gasteiger partial charge in [-0.2, -0.15) is 0 Å². The maximum absolute atomic E-state index is 4.83. The maximum Gasteiger partial charge on any atom is 0.109 e. The highest BCUT2D eigenvalue weighted by molar-refractivity contribution is 5.44. The van der Waals surface area contributed by atoms with E-state index in [0.717, 1.165) is 18.7 Å². The van der Waals surface area contributed by atoms with Crippen molar-refractivity contribution in [1.29, 1.82) is 0 Å². The Bertz CT molecular complexity index is 605. The van der Waals surface area contributed by atoms with Crippen LogP contribution in [0.25, 0.3) is 0 Å². The Hall–Kier alpha value is -1.57. The number of aryl methyl sites for hydroxylation is 2. The predicted molar refractivity (Wildman–Crippen MR) is 78.7 cm³/mol. The molecule has 2 heteroatoms. The van der Waals surface area contributed by atoms with E-state index in [1.165, 1.54) is 22.5 Å². The average molecular weight is 254 g/mol. The molecule has 0 aliphatic heterocycles. The second-order valence-corrected chi connectivity index (χ2v) is 6.38. The van der Waals surface area contributed by atoms with Gasteiger partial charge in [-0.15, -0.1) is 0 Å². The summed E-state index contributed by atoms with van der Waals surface area (Å²) in [5, 5.41) is 0. The molecule has 19 heavy (non-hydrogen) atoms. The van der Waals surface area contributed by atoms with Gasteiger partial charge >= 0.3 is 0 Å². The molecule has 1 aromatic heterocycles. The molecular formula is C17H22N2. The Morgan fingerprint density at radius 2 is 1.89 bits per heavy atom. The Balaban J connectivity index is 2.18. The molecule has 2 nitrogen and oxygen atoms in total. The van der Waals surface area contributed by atoms with Crippen molar-refractivity contribution in [3.05, 3.63) is 52.6 Å². The van der Waals surface area contributed by atoms with Crippen LogP contribution in [0, 0.1) is 0 Å². The van der Waals surface area contributed by atoms with Crippen LogP contribution < -0.4 is 0 Å². The van der Waals surface area contributed by atoms with Crippen LogP contribution in [-0.4, -0.2) is 9.97 Å². The smallest absolute Gasteiger partial charge is 0.109 e. The Labute approximate surface area is 115 Å². The number of H-pyrrole nitrogens is 1. The molecule has 0 saturated carbocycles. The zero-order chi connectivity index (χ0) is 13.6. The van der Waals surface area contributed by atoms with E-state index in [0.29, 0.717) is 5.92 Å². The highest BCUT2D eigenvalue weighted by atomic mass is 15.0. The molecule has 1 aliphatic carbocycles. The van der Waals surface area contributed by atoms with Crippen molar-refractivity contribution in [3.63, 3.8) is 0 Å². The number of imidazole rings is 1. The molecule has 0 radical (unpaired) electrons. The summed E-state index contributed by atoms with van der Waals surface area (Å²) in [6.07, 6.45) is 2.13. The summed E-state index contributed by atoms with van der Waals surface area (Å²) < 4.78 is 0. The number of nitrogens with zero attached hydrogens (tertiary/aromatic N) is 1. The largest absolute Gasteiger partial charge is 0.345 e.